The summed E-state index contributed by atoms with van der Waals surface area (Å²) in [5.74, 6) is 0.977. The average Bonchev–Trinajstić information content (AvgIpc) is 2.83. The number of ether oxygens (including phenoxy) is 2. The van der Waals surface area contributed by atoms with Gasteiger partial charge in [0.15, 0.2) is 6.61 Å². The quantitative estimate of drug-likeness (QED) is 0.378. The first-order valence-corrected chi connectivity index (χ1v) is 11.7. The number of fused-ring (bicyclic) bond motifs is 1. The predicted octanol–water partition coefficient (Wildman–Crippen LogP) is 6.14. The second-order valence-corrected chi connectivity index (χ2v) is 8.78. The Kier molecular flexibility index (Phi) is 7.60. The van der Waals surface area contributed by atoms with Crippen molar-refractivity contribution in [3.63, 3.8) is 0 Å². The summed E-state index contributed by atoms with van der Waals surface area (Å²) in [5, 5.41) is 3.51. The minimum absolute atomic E-state index is 0.0121. The molecule has 1 N–H and O–H groups in total. The standard InChI is InChI=1S/C26H24Cl2N2O4/c1-17-4-8-20(9-5-17)33-13-3-2-12-30-23-15-19(7-11-24(23)34-16-25(30)31)29-26(32)18-6-10-21(27)22(28)14-18/h4-11,14-15H,2-3,12-13,16H2,1H3,(H,29,32). The zero-order chi connectivity index (χ0) is 24.1. The summed E-state index contributed by atoms with van der Waals surface area (Å²) < 4.78 is 11.3. The van der Waals surface area contributed by atoms with Crippen LogP contribution in [0, 0.1) is 6.92 Å². The second kappa shape index (κ2) is 10.8. The van der Waals surface area contributed by atoms with Gasteiger partial charge >= 0.3 is 0 Å². The molecule has 0 aromatic heterocycles. The molecule has 1 aliphatic heterocycles. The Morgan fingerprint density at radius 1 is 1.03 bits per heavy atom. The molecule has 0 aliphatic carbocycles. The highest BCUT2D eigenvalue weighted by atomic mass is 35.5. The van der Waals surface area contributed by atoms with Gasteiger partial charge < -0.3 is 19.7 Å². The SMILES string of the molecule is Cc1ccc(OCCCCN2C(=O)COc3ccc(NC(=O)c4ccc(Cl)c(Cl)c4)cc32)cc1. The molecule has 6 nitrogen and oxygen atoms in total. The molecule has 176 valence electrons. The number of unbranched alkanes of at least 4 members (excludes halogenated alkanes) is 1. The second-order valence-electron chi connectivity index (χ2n) is 7.97. The van der Waals surface area contributed by atoms with E-state index in [2.05, 4.69) is 5.32 Å². The minimum atomic E-state index is -0.332. The summed E-state index contributed by atoms with van der Waals surface area (Å²) in [7, 11) is 0. The van der Waals surface area contributed by atoms with Crippen LogP contribution in [0.5, 0.6) is 11.5 Å². The van der Waals surface area contributed by atoms with Gasteiger partial charge in [0, 0.05) is 17.8 Å². The first-order valence-electron chi connectivity index (χ1n) is 10.9. The van der Waals surface area contributed by atoms with Crippen molar-refractivity contribution >= 4 is 46.4 Å². The molecule has 1 heterocycles. The highest BCUT2D eigenvalue weighted by molar-refractivity contribution is 6.42. The maximum atomic E-state index is 12.6. The topological polar surface area (TPSA) is 67.9 Å². The molecule has 0 saturated carbocycles. The smallest absolute Gasteiger partial charge is 0.265 e. The Morgan fingerprint density at radius 3 is 2.59 bits per heavy atom. The van der Waals surface area contributed by atoms with E-state index in [1.807, 2.05) is 31.2 Å². The van der Waals surface area contributed by atoms with E-state index in [1.54, 1.807) is 35.2 Å². The number of benzene rings is 3. The maximum absolute atomic E-state index is 12.6. The van der Waals surface area contributed by atoms with Gasteiger partial charge in [0.25, 0.3) is 11.8 Å². The highest BCUT2D eigenvalue weighted by Gasteiger charge is 2.25. The molecule has 0 unspecified atom stereocenters. The van der Waals surface area contributed by atoms with Crippen molar-refractivity contribution < 1.29 is 19.1 Å². The molecule has 2 amide bonds. The summed E-state index contributed by atoms with van der Waals surface area (Å²) >= 11 is 12.0. The Hall–Kier alpha value is -3.22. The minimum Gasteiger partial charge on any atom is -0.494 e. The van der Waals surface area contributed by atoms with Gasteiger partial charge in [-0.05, 0) is 68.3 Å². The number of aryl methyl sites for hydroxylation is 1. The van der Waals surface area contributed by atoms with Gasteiger partial charge in [0.1, 0.15) is 11.5 Å². The number of halogens is 2. The number of rotatable bonds is 8. The predicted molar refractivity (Wildman–Crippen MR) is 135 cm³/mol. The van der Waals surface area contributed by atoms with Crippen LogP contribution in [0.4, 0.5) is 11.4 Å². The van der Waals surface area contributed by atoms with Crippen molar-refractivity contribution in [2.45, 2.75) is 19.8 Å². The van der Waals surface area contributed by atoms with Crippen LogP contribution in [0.15, 0.2) is 60.7 Å². The Morgan fingerprint density at radius 2 is 1.82 bits per heavy atom. The van der Waals surface area contributed by atoms with Crippen molar-refractivity contribution in [3.8, 4) is 11.5 Å². The van der Waals surface area contributed by atoms with E-state index < -0.39 is 0 Å². The molecular formula is C26H24Cl2N2O4. The summed E-state index contributed by atoms with van der Waals surface area (Å²) in [6.45, 7) is 3.11. The lowest BCUT2D eigenvalue weighted by molar-refractivity contribution is -0.121. The summed E-state index contributed by atoms with van der Waals surface area (Å²) in [4.78, 5) is 26.9. The molecule has 1 aliphatic rings. The van der Waals surface area contributed by atoms with Crippen LogP contribution >= 0.6 is 23.2 Å². The van der Waals surface area contributed by atoms with Crippen LogP contribution in [0.1, 0.15) is 28.8 Å². The summed E-state index contributed by atoms with van der Waals surface area (Å²) in [6.07, 6.45) is 1.55. The average molecular weight is 499 g/mol. The molecule has 4 rings (SSSR count). The molecule has 0 atom stereocenters. The molecule has 0 fully saturated rings. The normalized spacial score (nSPS) is 12.7. The zero-order valence-electron chi connectivity index (χ0n) is 18.6. The van der Waals surface area contributed by atoms with Crippen LogP contribution in [0.25, 0.3) is 0 Å². The number of anilines is 2. The number of nitrogens with one attached hydrogen (secondary N) is 1. The fraction of sp³-hybridized carbons (Fsp3) is 0.231. The van der Waals surface area contributed by atoms with Crippen molar-refractivity contribution in [2.75, 3.05) is 30.0 Å². The molecule has 34 heavy (non-hydrogen) atoms. The van der Waals surface area contributed by atoms with Gasteiger partial charge in [0.2, 0.25) is 0 Å². The zero-order valence-corrected chi connectivity index (χ0v) is 20.2. The lowest BCUT2D eigenvalue weighted by Crippen LogP contribution is -2.39. The van der Waals surface area contributed by atoms with Crippen LogP contribution < -0.4 is 19.7 Å². The fourth-order valence-corrected chi connectivity index (χ4v) is 3.86. The molecule has 3 aromatic rings. The molecular weight excluding hydrogens is 475 g/mol. The lowest BCUT2D eigenvalue weighted by Gasteiger charge is -2.30. The number of amides is 2. The van der Waals surface area contributed by atoms with Gasteiger partial charge in [0.05, 0.1) is 22.3 Å². The van der Waals surface area contributed by atoms with Crippen molar-refractivity contribution in [1.29, 1.82) is 0 Å². The van der Waals surface area contributed by atoms with E-state index in [0.717, 1.165) is 18.6 Å². The van der Waals surface area contributed by atoms with Crippen molar-refractivity contribution in [2.24, 2.45) is 0 Å². The van der Waals surface area contributed by atoms with Crippen LogP contribution in [-0.4, -0.2) is 31.6 Å². The third kappa shape index (κ3) is 5.82. The van der Waals surface area contributed by atoms with E-state index in [9.17, 15) is 9.59 Å². The lowest BCUT2D eigenvalue weighted by atomic mass is 10.1. The van der Waals surface area contributed by atoms with Crippen molar-refractivity contribution in [1.82, 2.24) is 0 Å². The Bertz CT molecular complexity index is 1200. The third-order valence-electron chi connectivity index (χ3n) is 5.41. The first-order chi connectivity index (χ1) is 16.4. The summed E-state index contributed by atoms with van der Waals surface area (Å²) in [5.41, 5.74) is 2.73. The van der Waals surface area contributed by atoms with Gasteiger partial charge in [-0.1, -0.05) is 40.9 Å². The van der Waals surface area contributed by atoms with Crippen LogP contribution in [-0.2, 0) is 4.79 Å². The number of hydrogen-bond donors (Lipinski definition) is 1. The first kappa shape index (κ1) is 23.9. The van der Waals surface area contributed by atoms with E-state index in [-0.39, 0.29) is 18.4 Å². The molecule has 0 spiro atoms. The largest absolute Gasteiger partial charge is 0.494 e. The van der Waals surface area contributed by atoms with E-state index in [1.165, 1.54) is 11.6 Å². The molecule has 0 radical (unpaired) electrons. The van der Waals surface area contributed by atoms with E-state index in [0.29, 0.717) is 45.9 Å². The number of hydrogen-bond acceptors (Lipinski definition) is 4. The Balaban J connectivity index is 1.38. The molecule has 0 saturated heterocycles. The van der Waals surface area contributed by atoms with Crippen LogP contribution in [0.3, 0.4) is 0 Å². The van der Waals surface area contributed by atoms with Gasteiger partial charge in [-0.25, -0.2) is 0 Å². The molecule has 0 bridgehead atoms. The molecule has 8 heteroatoms. The van der Waals surface area contributed by atoms with Gasteiger partial charge in [-0.3, -0.25) is 9.59 Å². The fourth-order valence-electron chi connectivity index (χ4n) is 3.56. The monoisotopic (exact) mass is 498 g/mol. The highest BCUT2D eigenvalue weighted by Crippen LogP contribution is 2.35. The third-order valence-corrected chi connectivity index (χ3v) is 6.15. The number of nitrogens with zero attached hydrogens (tertiary/aromatic N) is 1. The summed E-state index contributed by atoms with van der Waals surface area (Å²) in [6, 6.07) is 17.8. The van der Waals surface area contributed by atoms with Gasteiger partial charge in [-0.2, -0.15) is 0 Å². The van der Waals surface area contributed by atoms with Gasteiger partial charge in [-0.15, -0.1) is 0 Å². The van der Waals surface area contributed by atoms with E-state index in [4.69, 9.17) is 32.7 Å². The maximum Gasteiger partial charge on any atom is 0.265 e. The van der Waals surface area contributed by atoms with Crippen molar-refractivity contribution in [3.05, 3.63) is 81.8 Å². The number of carbonyl (C=O) groups excluding carboxylic acids is 2. The Labute approximate surface area is 208 Å². The number of carbonyl (C=O) groups is 2. The van der Waals surface area contributed by atoms with Crippen LogP contribution in [0.2, 0.25) is 10.0 Å². The van der Waals surface area contributed by atoms with E-state index >= 15 is 0 Å². The molecule has 3 aromatic carbocycles.